The molecule has 1 saturated heterocycles. The lowest BCUT2D eigenvalue weighted by Gasteiger charge is -2.26. The predicted octanol–water partition coefficient (Wildman–Crippen LogP) is -0.101. The van der Waals surface area contributed by atoms with Gasteiger partial charge in [-0.05, 0) is 25.8 Å². The van der Waals surface area contributed by atoms with Gasteiger partial charge in [-0.25, -0.2) is 0 Å². The fraction of sp³-hybridized carbons (Fsp3) is 0.889. The molecule has 0 unspecified atom stereocenters. The summed E-state index contributed by atoms with van der Waals surface area (Å²) in [5, 5.41) is 12.4. The second kappa shape index (κ2) is 3.27. The van der Waals surface area contributed by atoms with Crippen molar-refractivity contribution in [1.82, 2.24) is 10.2 Å². The van der Waals surface area contributed by atoms with Crippen LogP contribution in [-0.2, 0) is 4.79 Å². The minimum Gasteiger partial charge on any atom is -0.480 e. The van der Waals surface area contributed by atoms with Crippen molar-refractivity contribution >= 4 is 5.97 Å². The third kappa shape index (κ3) is 1.56. The van der Waals surface area contributed by atoms with Crippen molar-refractivity contribution in [2.75, 3.05) is 26.2 Å². The molecule has 0 radical (unpaired) electrons. The molecule has 2 aliphatic rings. The Balaban J connectivity index is 2.02. The number of nitrogens with one attached hydrogen (secondary N) is 1. The number of aliphatic carboxylic acids is 1. The van der Waals surface area contributed by atoms with Crippen LogP contribution in [0, 0.1) is 0 Å². The van der Waals surface area contributed by atoms with Crippen LogP contribution in [0.25, 0.3) is 0 Å². The lowest BCUT2D eigenvalue weighted by Crippen LogP contribution is -2.45. The van der Waals surface area contributed by atoms with Crippen molar-refractivity contribution in [3.05, 3.63) is 0 Å². The van der Waals surface area contributed by atoms with Crippen molar-refractivity contribution in [2.24, 2.45) is 0 Å². The maximum Gasteiger partial charge on any atom is 0.324 e. The Morgan fingerprint density at radius 2 is 2.08 bits per heavy atom. The SMILES string of the molecule is O=C(O)C1(N2CCCNCC2)CC1. The molecule has 1 aliphatic heterocycles. The first kappa shape index (κ1) is 8.97. The first-order valence-corrected chi connectivity index (χ1v) is 4.95. The summed E-state index contributed by atoms with van der Waals surface area (Å²) in [5.74, 6) is -0.630. The van der Waals surface area contributed by atoms with Gasteiger partial charge in [0.05, 0.1) is 0 Å². The highest BCUT2D eigenvalue weighted by Gasteiger charge is 2.54. The van der Waals surface area contributed by atoms with E-state index in [9.17, 15) is 4.79 Å². The van der Waals surface area contributed by atoms with E-state index in [1.54, 1.807) is 0 Å². The van der Waals surface area contributed by atoms with E-state index in [2.05, 4.69) is 10.2 Å². The van der Waals surface area contributed by atoms with Gasteiger partial charge in [0.25, 0.3) is 0 Å². The van der Waals surface area contributed by atoms with Crippen LogP contribution in [0.4, 0.5) is 0 Å². The van der Waals surface area contributed by atoms with Gasteiger partial charge in [-0.15, -0.1) is 0 Å². The Hall–Kier alpha value is -0.610. The van der Waals surface area contributed by atoms with Gasteiger partial charge in [-0.2, -0.15) is 0 Å². The van der Waals surface area contributed by atoms with E-state index >= 15 is 0 Å². The van der Waals surface area contributed by atoms with Gasteiger partial charge < -0.3 is 10.4 Å². The van der Waals surface area contributed by atoms with Crippen LogP contribution in [0.5, 0.6) is 0 Å². The summed E-state index contributed by atoms with van der Waals surface area (Å²) in [6, 6.07) is 0. The average Bonchev–Trinajstić information content (AvgIpc) is 2.90. The Morgan fingerprint density at radius 3 is 2.69 bits per heavy atom. The van der Waals surface area contributed by atoms with Crippen LogP contribution >= 0.6 is 0 Å². The predicted molar refractivity (Wildman–Crippen MR) is 48.7 cm³/mol. The van der Waals surface area contributed by atoms with Crippen LogP contribution in [0.2, 0.25) is 0 Å². The van der Waals surface area contributed by atoms with Crippen molar-refractivity contribution < 1.29 is 9.90 Å². The average molecular weight is 184 g/mol. The maximum atomic E-state index is 11.0. The fourth-order valence-corrected chi connectivity index (χ4v) is 2.06. The summed E-state index contributed by atoms with van der Waals surface area (Å²) < 4.78 is 0. The van der Waals surface area contributed by atoms with E-state index in [1.807, 2.05) is 0 Å². The number of hydrogen-bond acceptors (Lipinski definition) is 3. The van der Waals surface area contributed by atoms with E-state index in [0.717, 1.165) is 45.4 Å². The smallest absolute Gasteiger partial charge is 0.324 e. The van der Waals surface area contributed by atoms with E-state index in [4.69, 9.17) is 5.11 Å². The molecule has 2 fully saturated rings. The van der Waals surface area contributed by atoms with Crippen LogP contribution in [0.1, 0.15) is 19.3 Å². The number of rotatable bonds is 2. The monoisotopic (exact) mass is 184 g/mol. The van der Waals surface area contributed by atoms with Gasteiger partial charge in [0, 0.05) is 19.6 Å². The molecule has 1 aliphatic carbocycles. The minimum atomic E-state index is -0.630. The highest BCUT2D eigenvalue weighted by Crippen LogP contribution is 2.42. The normalized spacial score (nSPS) is 28.0. The molecule has 4 heteroatoms. The van der Waals surface area contributed by atoms with E-state index < -0.39 is 11.5 Å². The highest BCUT2D eigenvalue weighted by atomic mass is 16.4. The summed E-state index contributed by atoms with van der Waals surface area (Å²) in [6.45, 7) is 3.76. The summed E-state index contributed by atoms with van der Waals surface area (Å²) in [4.78, 5) is 13.2. The molecular formula is C9H16N2O2. The standard InChI is InChI=1S/C9H16N2O2/c12-8(13)9(2-3-9)11-6-1-4-10-5-7-11/h10H,1-7H2,(H,12,13). The van der Waals surface area contributed by atoms with Crippen LogP contribution in [0.3, 0.4) is 0 Å². The summed E-state index contributed by atoms with van der Waals surface area (Å²) in [5.41, 5.74) is -0.480. The third-order valence-electron chi connectivity index (χ3n) is 3.07. The zero-order valence-corrected chi connectivity index (χ0v) is 7.75. The Bertz CT molecular complexity index is 206. The van der Waals surface area contributed by atoms with Crippen LogP contribution in [0.15, 0.2) is 0 Å². The molecule has 0 aromatic carbocycles. The van der Waals surface area contributed by atoms with E-state index in [1.165, 1.54) is 0 Å². The number of carbonyl (C=O) groups is 1. The van der Waals surface area contributed by atoms with E-state index in [0.29, 0.717) is 0 Å². The molecule has 4 nitrogen and oxygen atoms in total. The molecule has 1 saturated carbocycles. The fourth-order valence-electron chi connectivity index (χ4n) is 2.06. The van der Waals surface area contributed by atoms with E-state index in [-0.39, 0.29) is 0 Å². The maximum absolute atomic E-state index is 11.0. The lowest BCUT2D eigenvalue weighted by atomic mass is 10.2. The van der Waals surface area contributed by atoms with Crippen LogP contribution < -0.4 is 5.32 Å². The van der Waals surface area contributed by atoms with Gasteiger partial charge >= 0.3 is 5.97 Å². The molecular weight excluding hydrogens is 168 g/mol. The molecule has 2 rings (SSSR count). The first-order valence-electron chi connectivity index (χ1n) is 4.95. The van der Waals surface area contributed by atoms with Crippen molar-refractivity contribution in [3.8, 4) is 0 Å². The van der Waals surface area contributed by atoms with Crippen molar-refractivity contribution in [2.45, 2.75) is 24.8 Å². The second-order valence-electron chi connectivity index (χ2n) is 3.93. The zero-order valence-electron chi connectivity index (χ0n) is 7.75. The summed E-state index contributed by atoms with van der Waals surface area (Å²) in [7, 11) is 0. The quantitative estimate of drug-likeness (QED) is 0.629. The summed E-state index contributed by atoms with van der Waals surface area (Å²) in [6.07, 6.45) is 2.74. The second-order valence-corrected chi connectivity index (χ2v) is 3.93. The largest absolute Gasteiger partial charge is 0.480 e. The molecule has 0 atom stereocenters. The van der Waals surface area contributed by atoms with Gasteiger partial charge in [0.2, 0.25) is 0 Å². The van der Waals surface area contributed by atoms with Gasteiger partial charge in [0.1, 0.15) is 5.54 Å². The molecule has 0 aromatic rings. The van der Waals surface area contributed by atoms with Gasteiger partial charge in [-0.1, -0.05) is 0 Å². The Kier molecular flexibility index (Phi) is 2.26. The molecule has 0 aromatic heterocycles. The number of hydrogen-bond donors (Lipinski definition) is 2. The van der Waals surface area contributed by atoms with Crippen LogP contribution in [-0.4, -0.2) is 47.7 Å². The van der Waals surface area contributed by atoms with Gasteiger partial charge in [0.15, 0.2) is 0 Å². The number of nitrogens with zero attached hydrogens (tertiary/aromatic N) is 1. The molecule has 0 spiro atoms. The minimum absolute atomic E-state index is 0.480. The first-order chi connectivity index (χ1) is 6.26. The zero-order chi connectivity index (χ0) is 9.31. The highest BCUT2D eigenvalue weighted by molar-refractivity contribution is 5.82. The molecule has 13 heavy (non-hydrogen) atoms. The number of carboxylic acids is 1. The Labute approximate surface area is 77.9 Å². The summed E-state index contributed by atoms with van der Waals surface area (Å²) >= 11 is 0. The van der Waals surface area contributed by atoms with Gasteiger partial charge in [-0.3, -0.25) is 9.69 Å². The van der Waals surface area contributed by atoms with Crippen molar-refractivity contribution in [1.29, 1.82) is 0 Å². The molecule has 1 heterocycles. The molecule has 74 valence electrons. The van der Waals surface area contributed by atoms with Crippen molar-refractivity contribution in [3.63, 3.8) is 0 Å². The molecule has 2 N–H and O–H groups in total. The number of carboxylic acid groups (broad SMARTS) is 1. The Morgan fingerprint density at radius 1 is 1.31 bits per heavy atom. The topological polar surface area (TPSA) is 52.6 Å². The molecule has 0 amide bonds. The molecule has 0 bridgehead atoms. The third-order valence-corrected chi connectivity index (χ3v) is 3.07. The lowest BCUT2D eigenvalue weighted by molar-refractivity contribution is -0.145.